The molecule has 0 unspecified atom stereocenters. The quantitative estimate of drug-likeness (QED) is 0.747. The first-order chi connectivity index (χ1) is 11.9. The van der Waals surface area contributed by atoms with Crippen LogP contribution < -0.4 is 10.6 Å². The van der Waals surface area contributed by atoms with E-state index in [2.05, 4.69) is 10.6 Å². The standard InChI is InChI=1S/C20H20N2O3/c1-20(2)9-13-17(15(24)10-20)18(22-19(25)21-13)16-12-6-4-3-5-11(12)7-8-14(16)23/h3-9,17-18,23H,10H2,1-2H3,(H2,21,22,25)/t17-,18-/m1/s1. The predicted octanol–water partition coefficient (Wildman–Crippen LogP) is 3.40. The fourth-order valence-corrected chi connectivity index (χ4v) is 4.02. The van der Waals surface area contributed by atoms with Gasteiger partial charge in [-0.1, -0.05) is 50.3 Å². The average molecular weight is 336 g/mol. The molecular weight excluding hydrogens is 316 g/mol. The van der Waals surface area contributed by atoms with Gasteiger partial charge in [0.15, 0.2) is 0 Å². The van der Waals surface area contributed by atoms with Gasteiger partial charge in [0.1, 0.15) is 11.5 Å². The van der Waals surface area contributed by atoms with E-state index in [9.17, 15) is 14.7 Å². The van der Waals surface area contributed by atoms with Crippen LogP contribution in [0, 0.1) is 11.3 Å². The zero-order valence-corrected chi connectivity index (χ0v) is 14.2. The molecule has 1 aliphatic carbocycles. The number of carbonyl (C=O) groups excluding carboxylic acids is 2. The third-order valence-corrected chi connectivity index (χ3v) is 4.99. The molecule has 5 heteroatoms. The first-order valence-corrected chi connectivity index (χ1v) is 8.39. The molecule has 128 valence electrons. The van der Waals surface area contributed by atoms with Crippen LogP contribution in [0.25, 0.3) is 10.8 Å². The molecule has 2 amide bonds. The minimum absolute atomic E-state index is 0.0623. The van der Waals surface area contributed by atoms with Crippen LogP contribution in [0.3, 0.4) is 0 Å². The molecule has 0 radical (unpaired) electrons. The molecule has 2 atom stereocenters. The Labute approximate surface area is 145 Å². The number of nitrogens with one attached hydrogen (secondary N) is 2. The molecule has 2 aromatic carbocycles. The van der Waals surface area contributed by atoms with E-state index in [1.54, 1.807) is 6.07 Å². The van der Waals surface area contributed by atoms with Crippen molar-refractivity contribution in [3.8, 4) is 5.75 Å². The highest BCUT2D eigenvalue weighted by molar-refractivity contribution is 5.94. The van der Waals surface area contributed by atoms with Crippen LogP contribution in [0.2, 0.25) is 0 Å². The summed E-state index contributed by atoms with van der Waals surface area (Å²) < 4.78 is 0. The summed E-state index contributed by atoms with van der Waals surface area (Å²) in [6, 6.07) is 10.2. The lowest BCUT2D eigenvalue weighted by atomic mass is 9.71. The number of amides is 2. The van der Waals surface area contributed by atoms with Crippen molar-refractivity contribution in [2.24, 2.45) is 11.3 Å². The molecule has 25 heavy (non-hydrogen) atoms. The number of allylic oxidation sites excluding steroid dienone is 1. The minimum atomic E-state index is -0.588. The number of ketones is 1. The third-order valence-electron chi connectivity index (χ3n) is 4.99. The van der Waals surface area contributed by atoms with E-state index in [1.165, 1.54) is 0 Å². The van der Waals surface area contributed by atoms with Crippen LogP contribution in [-0.4, -0.2) is 16.9 Å². The Kier molecular flexibility index (Phi) is 3.35. The van der Waals surface area contributed by atoms with Crippen LogP contribution in [0.4, 0.5) is 4.79 Å². The van der Waals surface area contributed by atoms with Gasteiger partial charge in [0.25, 0.3) is 0 Å². The van der Waals surface area contributed by atoms with E-state index < -0.39 is 12.0 Å². The van der Waals surface area contributed by atoms with Gasteiger partial charge in [-0.05, 0) is 22.3 Å². The first-order valence-electron chi connectivity index (χ1n) is 8.39. The second-order valence-electron chi connectivity index (χ2n) is 7.50. The number of rotatable bonds is 1. The van der Waals surface area contributed by atoms with Crippen LogP contribution >= 0.6 is 0 Å². The summed E-state index contributed by atoms with van der Waals surface area (Å²) in [5, 5.41) is 18.0. The Hall–Kier alpha value is -2.82. The average Bonchev–Trinajstić information content (AvgIpc) is 2.52. The van der Waals surface area contributed by atoms with Crippen molar-refractivity contribution in [2.75, 3.05) is 0 Å². The monoisotopic (exact) mass is 336 g/mol. The van der Waals surface area contributed by atoms with Gasteiger partial charge in [-0.15, -0.1) is 0 Å². The molecule has 1 heterocycles. The number of urea groups is 1. The van der Waals surface area contributed by atoms with Gasteiger partial charge in [0.2, 0.25) is 0 Å². The van der Waals surface area contributed by atoms with Gasteiger partial charge in [-0.25, -0.2) is 4.79 Å². The number of carbonyl (C=O) groups is 2. The summed E-state index contributed by atoms with van der Waals surface area (Å²) in [7, 11) is 0. The largest absolute Gasteiger partial charge is 0.508 e. The van der Waals surface area contributed by atoms with Crippen LogP contribution in [0.5, 0.6) is 5.75 Å². The van der Waals surface area contributed by atoms with Crippen LogP contribution in [0.1, 0.15) is 31.9 Å². The summed E-state index contributed by atoms with van der Waals surface area (Å²) in [4.78, 5) is 25.1. The lowest BCUT2D eigenvalue weighted by molar-refractivity contribution is -0.125. The number of benzene rings is 2. The number of fused-ring (bicyclic) bond motifs is 2. The van der Waals surface area contributed by atoms with Crippen molar-refractivity contribution in [3.63, 3.8) is 0 Å². The Balaban J connectivity index is 1.92. The third kappa shape index (κ3) is 2.56. The van der Waals surface area contributed by atoms with E-state index in [4.69, 9.17) is 0 Å². The minimum Gasteiger partial charge on any atom is -0.508 e. The first kappa shape index (κ1) is 15.7. The van der Waals surface area contributed by atoms with Crippen molar-refractivity contribution < 1.29 is 14.7 Å². The Morgan fingerprint density at radius 3 is 2.68 bits per heavy atom. The summed E-state index contributed by atoms with van der Waals surface area (Å²) in [5.74, 6) is -0.363. The fraction of sp³-hybridized carbons (Fsp3) is 0.300. The zero-order chi connectivity index (χ0) is 17.8. The molecule has 1 saturated heterocycles. The van der Waals surface area contributed by atoms with E-state index >= 15 is 0 Å². The fourth-order valence-electron chi connectivity index (χ4n) is 4.02. The molecular formula is C20H20N2O3. The van der Waals surface area contributed by atoms with Gasteiger partial charge in [-0.3, -0.25) is 4.79 Å². The molecule has 2 aliphatic rings. The SMILES string of the molecule is CC1(C)C=C2NC(=O)N[C@H](c3c(O)ccc4ccccc34)[C@H]2C(=O)C1. The highest BCUT2D eigenvalue weighted by Gasteiger charge is 2.44. The Morgan fingerprint density at radius 2 is 1.88 bits per heavy atom. The number of hydrogen-bond acceptors (Lipinski definition) is 3. The summed E-state index contributed by atoms with van der Waals surface area (Å²) >= 11 is 0. The summed E-state index contributed by atoms with van der Waals surface area (Å²) in [6.45, 7) is 3.96. The molecule has 4 rings (SSSR count). The number of phenolic OH excluding ortho intramolecular Hbond substituents is 1. The number of aromatic hydroxyl groups is 1. The summed E-state index contributed by atoms with van der Waals surface area (Å²) in [6.07, 6.45) is 2.37. The highest BCUT2D eigenvalue weighted by Crippen LogP contribution is 2.44. The van der Waals surface area contributed by atoms with Gasteiger partial charge >= 0.3 is 6.03 Å². The maximum Gasteiger partial charge on any atom is 0.319 e. The molecule has 0 aromatic heterocycles. The highest BCUT2D eigenvalue weighted by atomic mass is 16.3. The van der Waals surface area contributed by atoms with E-state index in [-0.39, 0.29) is 23.0 Å². The van der Waals surface area contributed by atoms with Gasteiger partial charge in [-0.2, -0.15) is 0 Å². The normalized spacial score (nSPS) is 25.0. The topological polar surface area (TPSA) is 78.4 Å². The number of hydrogen-bond donors (Lipinski definition) is 3. The molecule has 0 bridgehead atoms. The molecule has 0 saturated carbocycles. The maximum absolute atomic E-state index is 12.9. The van der Waals surface area contributed by atoms with Crippen molar-refractivity contribution in [2.45, 2.75) is 26.3 Å². The van der Waals surface area contributed by atoms with Crippen LogP contribution in [0.15, 0.2) is 48.2 Å². The van der Waals surface area contributed by atoms with E-state index in [1.807, 2.05) is 50.3 Å². The number of Topliss-reactive ketones (excluding diaryl/α,β-unsaturated/α-hetero) is 1. The van der Waals surface area contributed by atoms with Gasteiger partial charge in [0, 0.05) is 17.7 Å². The molecule has 3 N–H and O–H groups in total. The zero-order valence-electron chi connectivity index (χ0n) is 14.2. The lowest BCUT2D eigenvalue weighted by Gasteiger charge is -2.40. The second-order valence-corrected chi connectivity index (χ2v) is 7.50. The van der Waals surface area contributed by atoms with E-state index in [0.29, 0.717) is 17.7 Å². The van der Waals surface area contributed by atoms with Crippen molar-refractivity contribution in [1.29, 1.82) is 0 Å². The van der Waals surface area contributed by atoms with Crippen molar-refractivity contribution in [3.05, 3.63) is 53.7 Å². The number of phenols is 1. The smallest absolute Gasteiger partial charge is 0.319 e. The van der Waals surface area contributed by atoms with Crippen molar-refractivity contribution >= 4 is 22.6 Å². The molecule has 2 aromatic rings. The maximum atomic E-state index is 12.9. The summed E-state index contributed by atoms with van der Waals surface area (Å²) in [5.41, 5.74) is 0.929. The van der Waals surface area contributed by atoms with Gasteiger partial charge in [0.05, 0.1) is 12.0 Å². The molecule has 0 spiro atoms. The van der Waals surface area contributed by atoms with E-state index in [0.717, 1.165) is 10.8 Å². The van der Waals surface area contributed by atoms with Crippen LogP contribution in [-0.2, 0) is 4.79 Å². The Morgan fingerprint density at radius 1 is 1.12 bits per heavy atom. The predicted molar refractivity (Wildman–Crippen MR) is 95.0 cm³/mol. The Bertz CT molecular complexity index is 930. The molecule has 1 aliphatic heterocycles. The second kappa shape index (κ2) is 5.34. The lowest BCUT2D eigenvalue weighted by Crippen LogP contribution is -2.53. The van der Waals surface area contributed by atoms with Gasteiger partial charge < -0.3 is 15.7 Å². The van der Waals surface area contributed by atoms with Crippen molar-refractivity contribution in [1.82, 2.24) is 10.6 Å². The molecule has 1 fully saturated rings. The molecule has 5 nitrogen and oxygen atoms in total.